The van der Waals surface area contributed by atoms with Gasteiger partial charge in [0.25, 0.3) is 5.91 Å². The Morgan fingerprint density at radius 1 is 1.13 bits per heavy atom. The van der Waals surface area contributed by atoms with Crippen molar-refractivity contribution < 1.29 is 32.2 Å². The minimum atomic E-state index is -4.38. The molecule has 3 rings (SSSR count). The molecule has 0 aliphatic rings. The van der Waals surface area contributed by atoms with Crippen molar-refractivity contribution in [1.29, 1.82) is 0 Å². The molecule has 2 aromatic carbocycles. The van der Waals surface area contributed by atoms with Gasteiger partial charge in [-0.1, -0.05) is 36.7 Å². The molecule has 1 N–H and O–H groups in total. The van der Waals surface area contributed by atoms with Crippen LogP contribution in [0.25, 0.3) is 11.1 Å². The molecular formula is C27H27ClF3NO4S2. The van der Waals surface area contributed by atoms with Crippen LogP contribution in [0, 0.1) is 6.92 Å². The maximum absolute atomic E-state index is 12.9. The Morgan fingerprint density at radius 2 is 1.84 bits per heavy atom. The maximum Gasteiger partial charge on any atom is 0.416 e. The topological polar surface area (TPSA) is 64.6 Å². The van der Waals surface area contributed by atoms with E-state index >= 15 is 0 Å². The first-order valence-corrected chi connectivity index (χ1v) is 14.0. The van der Waals surface area contributed by atoms with E-state index in [-0.39, 0.29) is 18.9 Å². The normalized spacial score (nSPS) is 12.2. The number of esters is 1. The highest BCUT2D eigenvalue weighted by atomic mass is 35.5. The van der Waals surface area contributed by atoms with Crippen molar-refractivity contribution in [2.75, 3.05) is 19.4 Å². The Hall–Kier alpha value is -2.69. The minimum Gasteiger partial charge on any atom is -0.474 e. The number of hydrogen-bond donors (Lipinski definition) is 1. The molecule has 0 radical (unpaired) electrons. The number of rotatable bonds is 11. The molecular weight excluding hydrogens is 559 g/mol. The zero-order chi connectivity index (χ0) is 27.9. The van der Waals surface area contributed by atoms with E-state index in [1.54, 1.807) is 23.9 Å². The number of halogens is 4. The smallest absolute Gasteiger partial charge is 0.416 e. The molecule has 204 valence electrons. The fourth-order valence-corrected chi connectivity index (χ4v) is 5.98. The zero-order valence-corrected chi connectivity index (χ0v) is 23.4. The number of alkyl halides is 3. The molecule has 0 aliphatic carbocycles. The summed E-state index contributed by atoms with van der Waals surface area (Å²) >= 11 is 9.15. The predicted octanol–water partition coefficient (Wildman–Crippen LogP) is 7.91. The molecule has 1 heterocycles. The van der Waals surface area contributed by atoms with Crippen molar-refractivity contribution in [2.24, 2.45) is 0 Å². The average Bonchev–Trinajstić information content (AvgIpc) is 3.27. The van der Waals surface area contributed by atoms with Crippen LogP contribution in [0.15, 0.2) is 48.5 Å². The molecule has 0 saturated heterocycles. The van der Waals surface area contributed by atoms with Gasteiger partial charge >= 0.3 is 12.1 Å². The summed E-state index contributed by atoms with van der Waals surface area (Å²) in [5, 5.41) is 2.96. The van der Waals surface area contributed by atoms with Gasteiger partial charge in [-0.05, 0) is 66.1 Å². The number of thioether (sulfide) groups is 1. The lowest BCUT2D eigenvalue weighted by molar-refractivity contribution is -0.140. The standard InChI is InChI=1S/C27H27ClF3NO4S2/c1-4-13-37-26(22-15-21(28)24(38-22)25(34)32-12-11-23(33)35-3)36-19-9-10-20(16(2)14-19)17-5-7-18(8-6-17)27(29,30)31/h5-10,14-15,26H,4,11-13H2,1-3H3,(H,32,34). The molecule has 0 bridgehead atoms. The van der Waals surface area contributed by atoms with Crippen LogP contribution in [-0.2, 0) is 15.7 Å². The van der Waals surface area contributed by atoms with Crippen LogP contribution < -0.4 is 10.1 Å². The van der Waals surface area contributed by atoms with Crippen LogP contribution in [0.4, 0.5) is 13.2 Å². The molecule has 0 fully saturated rings. The molecule has 0 aliphatic heterocycles. The third-order valence-electron chi connectivity index (χ3n) is 5.42. The van der Waals surface area contributed by atoms with E-state index in [0.717, 1.165) is 40.3 Å². The van der Waals surface area contributed by atoms with Crippen LogP contribution in [-0.4, -0.2) is 31.3 Å². The molecule has 1 atom stereocenters. The van der Waals surface area contributed by atoms with Crippen molar-refractivity contribution in [3.63, 3.8) is 0 Å². The number of aryl methyl sites for hydroxylation is 1. The lowest BCUT2D eigenvalue weighted by Gasteiger charge is -2.18. The van der Waals surface area contributed by atoms with Gasteiger partial charge in [-0.3, -0.25) is 9.59 Å². The third kappa shape index (κ3) is 7.91. The number of hydrogen-bond acceptors (Lipinski definition) is 6. The lowest BCUT2D eigenvalue weighted by Crippen LogP contribution is -2.25. The van der Waals surface area contributed by atoms with Gasteiger partial charge in [-0.2, -0.15) is 13.2 Å². The molecule has 1 amide bonds. The fourth-order valence-electron chi connectivity index (χ4n) is 3.51. The van der Waals surface area contributed by atoms with Crippen molar-refractivity contribution in [3.05, 3.63) is 74.4 Å². The summed E-state index contributed by atoms with van der Waals surface area (Å²) in [4.78, 5) is 25.0. The van der Waals surface area contributed by atoms with Crippen LogP contribution in [0.1, 0.15) is 50.9 Å². The quantitative estimate of drug-likeness (QED) is 0.183. The maximum atomic E-state index is 12.9. The first-order valence-electron chi connectivity index (χ1n) is 11.7. The van der Waals surface area contributed by atoms with E-state index in [1.807, 2.05) is 19.1 Å². The molecule has 0 spiro atoms. The second-order valence-corrected chi connectivity index (χ2v) is 10.9. The Balaban J connectivity index is 1.77. The highest BCUT2D eigenvalue weighted by Crippen LogP contribution is 2.40. The van der Waals surface area contributed by atoms with Crippen LogP contribution in [0.3, 0.4) is 0 Å². The van der Waals surface area contributed by atoms with Crippen LogP contribution in [0.5, 0.6) is 5.75 Å². The number of nitrogens with one attached hydrogen (secondary N) is 1. The van der Waals surface area contributed by atoms with Gasteiger partial charge in [-0.15, -0.1) is 23.1 Å². The van der Waals surface area contributed by atoms with Crippen LogP contribution >= 0.6 is 34.7 Å². The number of benzene rings is 2. The minimum absolute atomic E-state index is 0.0536. The van der Waals surface area contributed by atoms with E-state index in [1.165, 1.54) is 30.6 Å². The summed E-state index contributed by atoms with van der Waals surface area (Å²) in [6, 6.07) is 12.2. The monoisotopic (exact) mass is 585 g/mol. The van der Waals surface area contributed by atoms with Crippen molar-refractivity contribution in [3.8, 4) is 16.9 Å². The predicted molar refractivity (Wildman–Crippen MR) is 146 cm³/mol. The van der Waals surface area contributed by atoms with Gasteiger partial charge < -0.3 is 14.8 Å². The zero-order valence-electron chi connectivity index (χ0n) is 21.0. The number of ether oxygens (including phenoxy) is 2. The van der Waals surface area contributed by atoms with Gasteiger partial charge in [0.2, 0.25) is 0 Å². The molecule has 1 aromatic heterocycles. The third-order valence-corrected chi connectivity index (χ3v) is 8.46. The second-order valence-electron chi connectivity index (χ2n) is 8.28. The summed E-state index contributed by atoms with van der Waals surface area (Å²) in [7, 11) is 1.28. The van der Waals surface area contributed by atoms with Gasteiger partial charge in [-0.25, -0.2) is 0 Å². The van der Waals surface area contributed by atoms with Gasteiger partial charge in [0, 0.05) is 6.54 Å². The van der Waals surface area contributed by atoms with Crippen molar-refractivity contribution in [2.45, 2.75) is 38.3 Å². The van der Waals surface area contributed by atoms with E-state index in [2.05, 4.69) is 17.0 Å². The first kappa shape index (κ1) is 29.9. The van der Waals surface area contributed by atoms with Gasteiger partial charge in [0.1, 0.15) is 10.6 Å². The van der Waals surface area contributed by atoms with E-state index < -0.39 is 23.1 Å². The first-order chi connectivity index (χ1) is 18.0. The van der Waals surface area contributed by atoms with Gasteiger partial charge in [0.05, 0.1) is 29.0 Å². The number of thiophene rings is 1. The van der Waals surface area contributed by atoms with E-state index in [0.29, 0.717) is 21.2 Å². The summed E-state index contributed by atoms with van der Waals surface area (Å²) in [6.07, 6.45) is -3.42. The molecule has 0 saturated carbocycles. The Bertz CT molecular complexity index is 1260. The molecule has 1 unspecified atom stereocenters. The van der Waals surface area contributed by atoms with Crippen molar-refractivity contribution >= 4 is 46.6 Å². The highest BCUT2D eigenvalue weighted by molar-refractivity contribution is 7.99. The summed E-state index contributed by atoms with van der Waals surface area (Å²) in [5.41, 5.74) is 1.20. The highest BCUT2D eigenvalue weighted by Gasteiger charge is 2.30. The fraction of sp³-hybridized carbons (Fsp3) is 0.333. The second kappa shape index (κ2) is 13.4. The average molecular weight is 586 g/mol. The van der Waals surface area contributed by atoms with Crippen LogP contribution in [0.2, 0.25) is 5.02 Å². The summed E-state index contributed by atoms with van der Waals surface area (Å²) in [5.74, 6) is 0.586. The number of methoxy groups -OCH3 is 1. The Morgan fingerprint density at radius 3 is 2.45 bits per heavy atom. The Labute approximate surface area is 232 Å². The van der Waals surface area contributed by atoms with E-state index in [4.69, 9.17) is 16.3 Å². The SMILES string of the molecule is CCCSC(Oc1ccc(-c2ccc(C(F)(F)F)cc2)c(C)c1)c1cc(Cl)c(C(=O)NCCC(=O)OC)s1. The number of amides is 1. The van der Waals surface area contributed by atoms with Crippen molar-refractivity contribution in [1.82, 2.24) is 5.32 Å². The molecule has 3 aromatic rings. The van der Waals surface area contributed by atoms with Gasteiger partial charge in [0.15, 0.2) is 5.44 Å². The molecule has 5 nitrogen and oxygen atoms in total. The largest absolute Gasteiger partial charge is 0.474 e. The summed E-state index contributed by atoms with van der Waals surface area (Å²) in [6.45, 7) is 4.05. The van der Waals surface area contributed by atoms with E-state index in [9.17, 15) is 22.8 Å². The number of carbonyl (C=O) groups excluding carboxylic acids is 2. The summed E-state index contributed by atoms with van der Waals surface area (Å²) < 4.78 is 49.6. The lowest BCUT2D eigenvalue weighted by atomic mass is 9.99. The molecule has 11 heteroatoms. The molecule has 38 heavy (non-hydrogen) atoms. The number of carbonyl (C=O) groups is 2. The Kier molecular flexibility index (Phi) is 10.5.